The molecule has 0 heterocycles. The molecule has 1 amide bonds. The predicted octanol–water partition coefficient (Wildman–Crippen LogP) is 0.712. The minimum atomic E-state index is -0.693. The molecule has 0 bridgehead atoms. The molecule has 5 heteroatoms. The van der Waals surface area contributed by atoms with Gasteiger partial charge in [-0.3, -0.25) is 4.79 Å². The highest BCUT2D eigenvalue weighted by Gasteiger charge is 2.10. The van der Waals surface area contributed by atoms with Crippen LogP contribution in [0, 0.1) is 0 Å². The van der Waals surface area contributed by atoms with E-state index < -0.39 is 6.10 Å². The number of benzene rings is 1. The minimum Gasteiger partial charge on any atom is -0.389 e. The summed E-state index contributed by atoms with van der Waals surface area (Å²) in [5, 5.41) is 12.0. The molecule has 0 saturated carbocycles. The van der Waals surface area contributed by atoms with Gasteiger partial charge in [0.15, 0.2) is 0 Å². The van der Waals surface area contributed by atoms with Gasteiger partial charge in [-0.1, -0.05) is 12.1 Å². The maximum atomic E-state index is 11.7. The van der Waals surface area contributed by atoms with Crippen LogP contribution in [0.1, 0.15) is 10.4 Å². The van der Waals surface area contributed by atoms with E-state index in [0.29, 0.717) is 10.5 Å². The molecule has 1 rings (SSSR count). The second-order valence-corrected chi connectivity index (χ2v) is 3.82. The Hall–Kier alpha value is -1.04. The van der Waals surface area contributed by atoms with Crippen molar-refractivity contribution in [3.63, 3.8) is 0 Å². The minimum absolute atomic E-state index is 0.161. The molecule has 4 nitrogen and oxygen atoms in total. The van der Waals surface area contributed by atoms with Gasteiger partial charge in [0.25, 0.3) is 5.91 Å². The fraction of sp³-hybridized carbons (Fsp3) is 0.364. The molecule has 16 heavy (non-hydrogen) atoms. The van der Waals surface area contributed by atoms with Gasteiger partial charge in [0.05, 0.1) is 18.3 Å². The molecule has 1 aromatic rings. The van der Waals surface area contributed by atoms with Gasteiger partial charge in [-0.25, -0.2) is 0 Å². The van der Waals surface area contributed by atoms with E-state index in [9.17, 15) is 9.90 Å². The number of aliphatic hydroxyl groups excluding tert-OH is 1. The van der Waals surface area contributed by atoms with Crippen molar-refractivity contribution in [2.75, 3.05) is 20.3 Å². The summed E-state index contributed by atoms with van der Waals surface area (Å²) in [5.41, 5.74) is 0.496. The Balaban J connectivity index is 2.50. The van der Waals surface area contributed by atoms with Gasteiger partial charge < -0.3 is 15.2 Å². The predicted molar refractivity (Wildman–Crippen MR) is 63.9 cm³/mol. The average Bonchev–Trinajstić information content (AvgIpc) is 2.27. The SMILES string of the molecule is COCC(O)CNC(=O)c1ccccc1S. The second-order valence-electron chi connectivity index (χ2n) is 3.34. The van der Waals surface area contributed by atoms with Crippen LogP contribution in [0.25, 0.3) is 0 Å². The van der Waals surface area contributed by atoms with Crippen molar-refractivity contribution in [2.45, 2.75) is 11.0 Å². The van der Waals surface area contributed by atoms with E-state index in [4.69, 9.17) is 4.74 Å². The molecule has 0 saturated heterocycles. The number of nitrogens with one attached hydrogen (secondary N) is 1. The quantitative estimate of drug-likeness (QED) is 0.666. The van der Waals surface area contributed by atoms with Crippen molar-refractivity contribution in [3.8, 4) is 0 Å². The number of aliphatic hydroxyl groups is 1. The second kappa shape index (κ2) is 6.52. The molecule has 0 fully saturated rings. The first kappa shape index (κ1) is 13.0. The first-order valence-electron chi connectivity index (χ1n) is 4.88. The first-order valence-corrected chi connectivity index (χ1v) is 5.33. The van der Waals surface area contributed by atoms with Crippen LogP contribution in [0.2, 0.25) is 0 Å². The van der Waals surface area contributed by atoms with Gasteiger partial charge >= 0.3 is 0 Å². The summed E-state index contributed by atoms with van der Waals surface area (Å²) in [5.74, 6) is -0.249. The molecular weight excluding hydrogens is 226 g/mol. The molecule has 0 aliphatic carbocycles. The number of ether oxygens (including phenoxy) is 1. The third-order valence-corrected chi connectivity index (χ3v) is 2.40. The van der Waals surface area contributed by atoms with Crippen LogP contribution in [-0.4, -0.2) is 37.4 Å². The Morgan fingerprint density at radius 2 is 2.25 bits per heavy atom. The summed E-state index contributed by atoms with van der Waals surface area (Å²) in [6.07, 6.45) is -0.693. The van der Waals surface area contributed by atoms with Crippen molar-refractivity contribution >= 4 is 18.5 Å². The summed E-state index contributed by atoms with van der Waals surface area (Å²) in [7, 11) is 1.49. The van der Waals surface area contributed by atoms with Crippen LogP contribution in [-0.2, 0) is 4.74 Å². The van der Waals surface area contributed by atoms with Crippen LogP contribution >= 0.6 is 12.6 Å². The third-order valence-electron chi connectivity index (χ3n) is 2.01. The lowest BCUT2D eigenvalue weighted by Crippen LogP contribution is -2.34. The Labute approximate surface area is 100 Å². The Kier molecular flexibility index (Phi) is 5.31. The molecule has 1 aromatic carbocycles. The van der Waals surface area contributed by atoms with E-state index in [1.165, 1.54) is 7.11 Å². The Bertz CT molecular complexity index is 357. The van der Waals surface area contributed by atoms with E-state index in [1.54, 1.807) is 24.3 Å². The number of hydrogen-bond acceptors (Lipinski definition) is 4. The monoisotopic (exact) mass is 241 g/mol. The van der Waals surface area contributed by atoms with Gasteiger partial charge in [-0.2, -0.15) is 0 Å². The number of carbonyl (C=O) groups excluding carboxylic acids is 1. The molecule has 0 aliphatic rings. The van der Waals surface area contributed by atoms with Gasteiger partial charge in [0.1, 0.15) is 0 Å². The van der Waals surface area contributed by atoms with Crippen molar-refractivity contribution in [3.05, 3.63) is 29.8 Å². The van der Waals surface area contributed by atoms with Crippen LogP contribution < -0.4 is 5.32 Å². The lowest BCUT2D eigenvalue weighted by Gasteiger charge is -2.11. The molecule has 88 valence electrons. The largest absolute Gasteiger partial charge is 0.389 e. The van der Waals surface area contributed by atoms with Gasteiger partial charge in [0.2, 0.25) is 0 Å². The Morgan fingerprint density at radius 3 is 2.88 bits per heavy atom. The summed E-state index contributed by atoms with van der Waals surface area (Å²) in [6.45, 7) is 0.359. The molecule has 0 spiro atoms. The zero-order valence-electron chi connectivity index (χ0n) is 9.01. The van der Waals surface area contributed by atoms with Crippen LogP contribution in [0.5, 0.6) is 0 Å². The summed E-state index contributed by atoms with van der Waals surface area (Å²) in [6, 6.07) is 6.99. The molecule has 0 aromatic heterocycles. The number of hydrogen-bond donors (Lipinski definition) is 3. The van der Waals surface area contributed by atoms with Crippen molar-refractivity contribution < 1.29 is 14.6 Å². The first-order chi connectivity index (χ1) is 7.65. The normalized spacial score (nSPS) is 12.2. The maximum Gasteiger partial charge on any atom is 0.252 e. The maximum absolute atomic E-state index is 11.7. The van der Waals surface area contributed by atoms with Crippen LogP contribution in [0.15, 0.2) is 29.2 Å². The standard InChI is InChI=1S/C11H15NO3S/c1-15-7-8(13)6-12-11(14)9-4-2-3-5-10(9)16/h2-5,8,13,16H,6-7H2,1H3,(H,12,14). The summed E-state index contributed by atoms with van der Waals surface area (Å²) >= 11 is 4.18. The molecule has 1 atom stereocenters. The Morgan fingerprint density at radius 1 is 1.56 bits per heavy atom. The van der Waals surface area contributed by atoms with Crippen molar-refractivity contribution in [1.82, 2.24) is 5.32 Å². The summed E-state index contributed by atoms with van der Waals surface area (Å²) in [4.78, 5) is 12.3. The molecule has 0 radical (unpaired) electrons. The average molecular weight is 241 g/mol. The number of thiol groups is 1. The lowest BCUT2D eigenvalue weighted by molar-refractivity contribution is 0.0609. The highest BCUT2D eigenvalue weighted by atomic mass is 32.1. The number of amides is 1. The van der Waals surface area contributed by atoms with Crippen molar-refractivity contribution in [2.24, 2.45) is 0 Å². The van der Waals surface area contributed by atoms with Crippen LogP contribution in [0.3, 0.4) is 0 Å². The fourth-order valence-electron chi connectivity index (χ4n) is 1.22. The van der Waals surface area contributed by atoms with E-state index >= 15 is 0 Å². The third kappa shape index (κ3) is 3.84. The highest BCUT2D eigenvalue weighted by molar-refractivity contribution is 7.80. The molecule has 1 unspecified atom stereocenters. The molecule has 0 aliphatic heterocycles. The number of methoxy groups -OCH3 is 1. The van der Waals surface area contributed by atoms with E-state index in [0.717, 1.165) is 0 Å². The number of carbonyl (C=O) groups is 1. The molecule has 2 N–H and O–H groups in total. The zero-order valence-corrected chi connectivity index (χ0v) is 9.91. The fourth-order valence-corrected chi connectivity index (χ4v) is 1.48. The van der Waals surface area contributed by atoms with E-state index in [2.05, 4.69) is 17.9 Å². The van der Waals surface area contributed by atoms with E-state index in [-0.39, 0.29) is 19.1 Å². The smallest absolute Gasteiger partial charge is 0.252 e. The zero-order chi connectivity index (χ0) is 12.0. The summed E-state index contributed by atoms with van der Waals surface area (Å²) < 4.78 is 4.75. The molecular formula is C11H15NO3S. The van der Waals surface area contributed by atoms with Gasteiger partial charge in [-0.05, 0) is 12.1 Å². The lowest BCUT2D eigenvalue weighted by atomic mass is 10.2. The van der Waals surface area contributed by atoms with Gasteiger partial charge in [-0.15, -0.1) is 12.6 Å². The van der Waals surface area contributed by atoms with Crippen molar-refractivity contribution in [1.29, 1.82) is 0 Å². The number of rotatable bonds is 5. The highest BCUT2D eigenvalue weighted by Crippen LogP contribution is 2.12. The topological polar surface area (TPSA) is 58.6 Å². The van der Waals surface area contributed by atoms with E-state index in [1.807, 2.05) is 0 Å². The van der Waals surface area contributed by atoms with Crippen LogP contribution in [0.4, 0.5) is 0 Å². The van der Waals surface area contributed by atoms with Gasteiger partial charge in [0, 0.05) is 18.6 Å².